The molecule has 0 atom stereocenters. The molecule has 1 heterocycles. The summed E-state index contributed by atoms with van der Waals surface area (Å²) in [4.78, 5) is 26.4. The van der Waals surface area contributed by atoms with Crippen LogP contribution in [0.5, 0.6) is 0 Å². The number of benzene rings is 3. The number of halogens is 1. The van der Waals surface area contributed by atoms with E-state index >= 15 is 0 Å². The quantitative estimate of drug-likeness (QED) is 0.0855. The standard InChI is InChI=1S/C37H43FN2O5/c1-25(2)32-31(34(41)39-29-17-11-7-12-18-29)30(26-15-9-6-10-16-26)33(27-19-21-28(38)22-20-27)40(32)24-14-8-13-23-37(43,44)35(42)45-36(3,4)5/h6-7,9-12,15-22,25,43-44H,8,13-14,23-24H2,1-5H3,(H,39,41). The number of hydrogen-bond donors (Lipinski definition) is 3. The van der Waals surface area contributed by atoms with Crippen LogP contribution in [0, 0.1) is 5.82 Å². The molecule has 4 rings (SSSR count). The molecule has 0 fully saturated rings. The van der Waals surface area contributed by atoms with Gasteiger partial charge in [0.15, 0.2) is 0 Å². The number of carbonyl (C=O) groups excluding carboxylic acids is 2. The number of unbranched alkanes of at least 4 members (excludes halogenated alkanes) is 2. The van der Waals surface area contributed by atoms with Gasteiger partial charge in [0.1, 0.15) is 11.4 Å². The van der Waals surface area contributed by atoms with Gasteiger partial charge in [0, 0.05) is 29.9 Å². The first-order valence-electron chi connectivity index (χ1n) is 15.4. The third-order valence-corrected chi connectivity index (χ3v) is 7.42. The highest BCUT2D eigenvalue weighted by Crippen LogP contribution is 2.42. The van der Waals surface area contributed by atoms with Gasteiger partial charge in [0.05, 0.1) is 11.3 Å². The smallest absolute Gasteiger partial charge is 0.366 e. The fourth-order valence-corrected chi connectivity index (χ4v) is 5.49. The Balaban J connectivity index is 1.74. The van der Waals surface area contributed by atoms with Crippen molar-refractivity contribution in [2.24, 2.45) is 0 Å². The van der Waals surface area contributed by atoms with E-state index in [9.17, 15) is 24.2 Å². The Kier molecular flexibility index (Phi) is 10.6. The van der Waals surface area contributed by atoms with E-state index < -0.39 is 17.4 Å². The molecule has 238 valence electrons. The molecule has 0 bridgehead atoms. The predicted octanol–water partition coefficient (Wildman–Crippen LogP) is 7.92. The van der Waals surface area contributed by atoms with Crippen molar-refractivity contribution in [3.8, 4) is 22.4 Å². The molecule has 0 spiro atoms. The first kappa shape index (κ1) is 33.6. The highest BCUT2D eigenvalue weighted by atomic mass is 19.1. The van der Waals surface area contributed by atoms with E-state index in [0.717, 1.165) is 28.1 Å². The maximum absolute atomic E-state index is 14.2. The highest BCUT2D eigenvalue weighted by Gasteiger charge is 2.37. The summed E-state index contributed by atoms with van der Waals surface area (Å²) in [5.41, 5.74) is 4.41. The zero-order chi connectivity index (χ0) is 32.8. The van der Waals surface area contributed by atoms with Crippen LogP contribution in [-0.2, 0) is 16.1 Å². The minimum absolute atomic E-state index is 0.0483. The molecule has 3 aromatic carbocycles. The molecule has 0 radical (unpaired) electrons. The Hall–Kier alpha value is -4.27. The van der Waals surface area contributed by atoms with Gasteiger partial charge in [-0.1, -0.05) is 68.8 Å². The molecule has 1 amide bonds. The number of hydrogen-bond acceptors (Lipinski definition) is 5. The van der Waals surface area contributed by atoms with E-state index in [-0.39, 0.29) is 24.1 Å². The molecule has 0 saturated carbocycles. The number of carbonyl (C=O) groups is 2. The fourth-order valence-electron chi connectivity index (χ4n) is 5.49. The number of ether oxygens (including phenoxy) is 1. The molecule has 1 aromatic heterocycles. The number of aromatic nitrogens is 1. The lowest BCUT2D eigenvalue weighted by molar-refractivity contribution is -0.221. The topological polar surface area (TPSA) is 101 Å². The number of anilines is 1. The van der Waals surface area contributed by atoms with Crippen LogP contribution in [0.4, 0.5) is 10.1 Å². The molecule has 0 saturated heterocycles. The maximum Gasteiger partial charge on any atom is 0.366 e. The van der Waals surface area contributed by atoms with Crippen molar-refractivity contribution in [1.82, 2.24) is 4.57 Å². The molecule has 0 aliphatic carbocycles. The summed E-state index contributed by atoms with van der Waals surface area (Å²) in [6.45, 7) is 9.60. The number of rotatable bonds is 12. The summed E-state index contributed by atoms with van der Waals surface area (Å²) in [5.74, 6) is -4.29. The van der Waals surface area contributed by atoms with Crippen LogP contribution in [0.2, 0.25) is 0 Å². The van der Waals surface area contributed by atoms with Gasteiger partial charge in [-0.2, -0.15) is 0 Å². The average molecular weight is 615 g/mol. The van der Waals surface area contributed by atoms with Crippen molar-refractivity contribution >= 4 is 17.6 Å². The van der Waals surface area contributed by atoms with E-state index in [1.54, 1.807) is 32.9 Å². The van der Waals surface area contributed by atoms with Crippen LogP contribution in [-0.4, -0.2) is 38.0 Å². The highest BCUT2D eigenvalue weighted by molar-refractivity contribution is 6.12. The molecule has 4 aromatic rings. The van der Waals surface area contributed by atoms with Gasteiger partial charge < -0.3 is 24.8 Å². The lowest BCUT2D eigenvalue weighted by atomic mass is 9.94. The van der Waals surface area contributed by atoms with Crippen molar-refractivity contribution < 1.29 is 28.9 Å². The van der Waals surface area contributed by atoms with Crippen molar-refractivity contribution in [1.29, 1.82) is 0 Å². The molecular weight excluding hydrogens is 571 g/mol. The molecule has 7 nitrogen and oxygen atoms in total. The van der Waals surface area contributed by atoms with Crippen LogP contribution in [0.15, 0.2) is 84.9 Å². The molecule has 0 aliphatic heterocycles. The number of aliphatic hydroxyl groups is 2. The number of nitrogens with zero attached hydrogens (tertiary/aromatic N) is 1. The molecule has 8 heteroatoms. The summed E-state index contributed by atoms with van der Waals surface area (Å²) in [6, 6.07) is 25.3. The molecule has 0 aliphatic rings. The Morgan fingerprint density at radius 3 is 2.02 bits per heavy atom. The van der Waals surface area contributed by atoms with Crippen molar-refractivity contribution in [3.63, 3.8) is 0 Å². The van der Waals surface area contributed by atoms with Crippen molar-refractivity contribution in [2.45, 2.75) is 84.2 Å². The Labute approximate surface area is 264 Å². The maximum atomic E-state index is 14.2. The van der Waals surface area contributed by atoms with E-state index in [4.69, 9.17) is 4.74 Å². The monoisotopic (exact) mass is 614 g/mol. The molecule has 0 unspecified atom stereocenters. The third kappa shape index (κ3) is 8.47. The van der Waals surface area contributed by atoms with E-state index in [0.29, 0.717) is 37.1 Å². The van der Waals surface area contributed by atoms with Crippen molar-refractivity contribution in [2.75, 3.05) is 5.32 Å². The number of para-hydroxylation sites is 1. The Bertz CT molecular complexity index is 1590. The van der Waals surface area contributed by atoms with Gasteiger partial charge in [0.2, 0.25) is 0 Å². The van der Waals surface area contributed by atoms with Crippen LogP contribution in [0.25, 0.3) is 22.4 Å². The largest absolute Gasteiger partial charge is 0.456 e. The second kappa shape index (κ2) is 14.2. The Morgan fingerprint density at radius 1 is 0.844 bits per heavy atom. The summed E-state index contributed by atoms with van der Waals surface area (Å²) < 4.78 is 21.4. The zero-order valence-corrected chi connectivity index (χ0v) is 26.6. The van der Waals surface area contributed by atoms with Crippen LogP contribution in [0.3, 0.4) is 0 Å². The van der Waals surface area contributed by atoms with Gasteiger partial charge in [-0.25, -0.2) is 9.18 Å². The molecule has 3 N–H and O–H groups in total. The van der Waals surface area contributed by atoms with Gasteiger partial charge in [-0.05, 0) is 87.1 Å². The first-order valence-corrected chi connectivity index (χ1v) is 15.4. The number of nitrogens with one attached hydrogen (secondary N) is 1. The van der Waals surface area contributed by atoms with Gasteiger partial charge in [-0.15, -0.1) is 0 Å². The van der Waals surface area contributed by atoms with Crippen LogP contribution >= 0.6 is 0 Å². The summed E-state index contributed by atoms with van der Waals surface area (Å²) in [6.07, 6.45) is 1.40. The summed E-state index contributed by atoms with van der Waals surface area (Å²) >= 11 is 0. The van der Waals surface area contributed by atoms with Gasteiger partial charge in [0.25, 0.3) is 11.7 Å². The summed E-state index contributed by atoms with van der Waals surface area (Å²) in [7, 11) is 0. The third-order valence-electron chi connectivity index (χ3n) is 7.42. The predicted molar refractivity (Wildman–Crippen MR) is 175 cm³/mol. The number of amides is 1. The minimum atomic E-state index is -2.58. The van der Waals surface area contributed by atoms with Crippen LogP contribution in [0.1, 0.15) is 82.3 Å². The normalized spacial score (nSPS) is 11.9. The number of esters is 1. The summed E-state index contributed by atoms with van der Waals surface area (Å²) in [5, 5.41) is 23.8. The minimum Gasteiger partial charge on any atom is -0.456 e. The van der Waals surface area contributed by atoms with Gasteiger partial charge >= 0.3 is 5.97 Å². The second-order valence-corrected chi connectivity index (χ2v) is 12.6. The molecule has 45 heavy (non-hydrogen) atoms. The Morgan fingerprint density at radius 2 is 1.44 bits per heavy atom. The fraction of sp³-hybridized carbons (Fsp3) is 0.351. The second-order valence-electron chi connectivity index (χ2n) is 12.6. The SMILES string of the molecule is CC(C)c1c(C(=O)Nc2ccccc2)c(-c2ccccc2)c(-c2ccc(F)cc2)n1CCCCCC(O)(O)C(=O)OC(C)(C)C. The zero-order valence-electron chi connectivity index (χ0n) is 26.6. The van der Waals surface area contributed by atoms with E-state index in [1.807, 2.05) is 74.5 Å². The van der Waals surface area contributed by atoms with Crippen LogP contribution < -0.4 is 5.32 Å². The average Bonchev–Trinajstić information content (AvgIpc) is 3.33. The van der Waals surface area contributed by atoms with E-state index in [1.165, 1.54) is 12.1 Å². The lowest BCUT2D eigenvalue weighted by Crippen LogP contribution is -2.43. The van der Waals surface area contributed by atoms with Gasteiger partial charge in [-0.3, -0.25) is 4.79 Å². The van der Waals surface area contributed by atoms with E-state index in [2.05, 4.69) is 9.88 Å². The lowest BCUT2D eigenvalue weighted by Gasteiger charge is -2.26. The molecular formula is C37H43FN2O5. The van der Waals surface area contributed by atoms with Crippen molar-refractivity contribution in [3.05, 3.63) is 102 Å². The first-order chi connectivity index (χ1) is 21.3.